The van der Waals surface area contributed by atoms with E-state index >= 15 is 0 Å². The van der Waals surface area contributed by atoms with Gasteiger partial charge in [0.1, 0.15) is 10.8 Å². The van der Waals surface area contributed by atoms with E-state index < -0.39 is 0 Å². The summed E-state index contributed by atoms with van der Waals surface area (Å²) in [5.74, 6) is 0.849. The monoisotopic (exact) mass is 344 g/mol. The van der Waals surface area contributed by atoms with Crippen LogP contribution in [0.3, 0.4) is 0 Å². The molecule has 1 unspecified atom stereocenters. The van der Waals surface area contributed by atoms with E-state index in [2.05, 4.69) is 4.98 Å². The first-order chi connectivity index (χ1) is 11.2. The Morgan fingerprint density at radius 1 is 1.13 bits per heavy atom. The number of aromatic nitrogens is 1. The minimum absolute atomic E-state index is 0.116. The summed E-state index contributed by atoms with van der Waals surface area (Å²) >= 11 is 7.51. The summed E-state index contributed by atoms with van der Waals surface area (Å²) in [6.45, 7) is 0. The number of hydrogen-bond acceptors (Lipinski definition) is 4. The Bertz CT molecular complexity index is 768. The van der Waals surface area contributed by atoms with E-state index in [1.54, 1.807) is 18.4 Å². The van der Waals surface area contributed by atoms with E-state index in [0.717, 1.165) is 33.5 Å². The fourth-order valence-electron chi connectivity index (χ4n) is 2.31. The molecule has 3 aromatic rings. The third kappa shape index (κ3) is 3.91. The first-order valence-corrected chi connectivity index (χ1v) is 8.51. The van der Waals surface area contributed by atoms with Crippen molar-refractivity contribution in [1.82, 2.24) is 4.98 Å². The molecule has 0 spiro atoms. The molecule has 1 atom stereocenters. The molecule has 0 aliphatic rings. The van der Waals surface area contributed by atoms with Crippen molar-refractivity contribution in [2.45, 2.75) is 12.5 Å². The summed E-state index contributed by atoms with van der Waals surface area (Å²) in [5.41, 5.74) is 9.46. The molecule has 2 aromatic carbocycles. The van der Waals surface area contributed by atoms with Gasteiger partial charge in [0.05, 0.1) is 18.8 Å². The van der Waals surface area contributed by atoms with Crippen LogP contribution < -0.4 is 10.5 Å². The molecule has 2 N–H and O–H groups in total. The first kappa shape index (κ1) is 16.0. The van der Waals surface area contributed by atoms with Gasteiger partial charge in [0.2, 0.25) is 0 Å². The van der Waals surface area contributed by atoms with Crippen molar-refractivity contribution >= 4 is 22.9 Å². The summed E-state index contributed by atoms with van der Waals surface area (Å²) in [4.78, 5) is 4.67. The fourth-order valence-corrected chi connectivity index (χ4v) is 3.27. The van der Waals surface area contributed by atoms with E-state index in [4.69, 9.17) is 22.1 Å². The molecular formula is C18H17ClN2OS. The second-order valence-electron chi connectivity index (χ2n) is 5.24. The molecule has 5 heteroatoms. The fraction of sp³-hybridized carbons (Fsp3) is 0.167. The Kier molecular flexibility index (Phi) is 4.96. The van der Waals surface area contributed by atoms with Crippen LogP contribution in [0, 0.1) is 0 Å². The lowest BCUT2D eigenvalue weighted by Crippen LogP contribution is -2.13. The molecule has 0 amide bonds. The summed E-state index contributed by atoms with van der Waals surface area (Å²) < 4.78 is 5.17. The van der Waals surface area contributed by atoms with Crippen LogP contribution in [0.15, 0.2) is 53.9 Å². The number of thiazole rings is 1. The van der Waals surface area contributed by atoms with Crippen molar-refractivity contribution in [2.75, 3.05) is 7.11 Å². The van der Waals surface area contributed by atoms with Crippen LogP contribution in [-0.2, 0) is 6.42 Å². The topological polar surface area (TPSA) is 48.1 Å². The van der Waals surface area contributed by atoms with E-state index in [-0.39, 0.29) is 6.04 Å². The van der Waals surface area contributed by atoms with E-state index in [1.807, 2.05) is 53.9 Å². The van der Waals surface area contributed by atoms with Gasteiger partial charge in [-0.1, -0.05) is 35.9 Å². The largest absolute Gasteiger partial charge is 0.497 e. The van der Waals surface area contributed by atoms with Gasteiger partial charge in [0, 0.05) is 16.0 Å². The highest BCUT2D eigenvalue weighted by atomic mass is 35.5. The van der Waals surface area contributed by atoms with Crippen molar-refractivity contribution in [3.05, 3.63) is 69.5 Å². The van der Waals surface area contributed by atoms with Gasteiger partial charge in [-0.3, -0.25) is 0 Å². The quantitative estimate of drug-likeness (QED) is 0.728. The number of nitrogens with zero attached hydrogens (tertiary/aromatic N) is 1. The van der Waals surface area contributed by atoms with Crippen molar-refractivity contribution in [1.29, 1.82) is 0 Å². The number of nitrogens with two attached hydrogens (primary N) is 1. The zero-order valence-electron chi connectivity index (χ0n) is 12.7. The summed E-state index contributed by atoms with van der Waals surface area (Å²) in [6.07, 6.45) is 0.748. The molecule has 118 valence electrons. The molecule has 3 nitrogen and oxygen atoms in total. The van der Waals surface area contributed by atoms with Crippen LogP contribution in [0.4, 0.5) is 0 Å². The Labute approximate surface area is 144 Å². The van der Waals surface area contributed by atoms with E-state index in [9.17, 15) is 0 Å². The Hall–Kier alpha value is -1.88. The molecule has 1 aromatic heterocycles. The minimum atomic E-state index is -0.116. The van der Waals surface area contributed by atoms with Gasteiger partial charge in [-0.25, -0.2) is 4.98 Å². The van der Waals surface area contributed by atoms with Crippen LogP contribution in [0.5, 0.6) is 5.75 Å². The second kappa shape index (κ2) is 7.13. The zero-order chi connectivity index (χ0) is 16.2. The van der Waals surface area contributed by atoms with Gasteiger partial charge in [0.15, 0.2) is 0 Å². The van der Waals surface area contributed by atoms with Gasteiger partial charge in [-0.05, 0) is 36.2 Å². The highest BCUT2D eigenvalue weighted by Crippen LogP contribution is 2.27. The molecule has 0 fully saturated rings. The molecule has 0 aliphatic carbocycles. The third-order valence-electron chi connectivity index (χ3n) is 3.59. The van der Waals surface area contributed by atoms with Gasteiger partial charge >= 0.3 is 0 Å². The van der Waals surface area contributed by atoms with Crippen LogP contribution >= 0.6 is 22.9 Å². The molecular weight excluding hydrogens is 328 g/mol. The van der Waals surface area contributed by atoms with Crippen molar-refractivity contribution in [2.24, 2.45) is 5.73 Å². The maximum atomic E-state index is 6.31. The Balaban J connectivity index is 1.72. The molecule has 0 radical (unpaired) electrons. The summed E-state index contributed by atoms with van der Waals surface area (Å²) in [6, 6.07) is 15.5. The molecule has 1 heterocycles. The van der Waals surface area contributed by atoms with E-state index in [1.165, 1.54) is 5.56 Å². The molecule has 23 heavy (non-hydrogen) atoms. The second-order valence-corrected chi connectivity index (χ2v) is 6.56. The number of methoxy groups -OCH3 is 1. The molecule has 0 saturated heterocycles. The SMILES string of the molecule is COc1ccc(CC(N)c2nc(-c3ccc(Cl)cc3)cs2)cc1. The van der Waals surface area contributed by atoms with Gasteiger partial charge < -0.3 is 10.5 Å². The highest BCUT2D eigenvalue weighted by molar-refractivity contribution is 7.10. The molecule has 0 aliphatic heterocycles. The number of halogens is 1. The number of rotatable bonds is 5. The number of ether oxygens (including phenoxy) is 1. The zero-order valence-corrected chi connectivity index (χ0v) is 14.3. The summed E-state index contributed by atoms with van der Waals surface area (Å²) in [5, 5.41) is 3.69. The van der Waals surface area contributed by atoms with Gasteiger partial charge in [0.25, 0.3) is 0 Å². The average Bonchev–Trinajstić information content (AvgIpc) is 3.06. The predicted molar refractivity (Wildman–Crippen MR) is 96.2 cm³/mol. The summed E-state index contributed by atoms with van der Waals surface area (Å²) in [7, 11) is 1.66. The maximum absolute atomic E-state index is 6.31. The molecule has 0 saturated carbocycles. The predicted octanol–water partition coefficient (Wildman–Crippen LogP) is 4.71. The van der Waals surface area contributed by atoms with Crippen LogP contribution in [-0.4, -0.2) is 12.1 Å². The highest BCUT2D eigenvalue weighted by Gasteiger charge is 2.13. The standard InChI is InChI=1S/C18H17ClN2OS/c1-22-15-8-2-12(3-9-15)10-16(20)18-21-17(11-23-18)13-4-6-14(19)7-5-13/h2-9,11,16H,10,20H2,1H3. The van der Waals surface area contributed by atoms with Gasteiger partial charge in [-0.15, -0.1) is 11.3 Å². The molecule has 3 rings (SSSR count). The smallest absolute Gasteiger partial charge is 0.118 e. The van der Waals surface area contributed by atoms with Crippen LogP contribution in [0.2, 0.25) is 5.02 Å². The lowest BCUT2D eigenvalue weighted by molar-refractivity contribution is 0.414. The number of benzene rings is 2. The normalized spacial score (nSPS) is 12.1. The van der Waals surface area contributed by atoms with Crippen molar-refractivity contribution in [3.63, 3.8) is 0 Å². The first-order valence-electron chi connectivity index (χ1n) is 7.25. The van der Waals surface area contributed by atoms with Crippen LogP contribution in [0.1, 0.15) is 16.6 Å². The lowest BCUT2D eigenvalue weighted by Gasteiger charge is -2.09. The van der Waals surface area contributed by atoms with Crippen LogP contribution in [0.25, 0.3) is 11.3 Å². The van der Waals surface area contributed by atoms with Gasteiger partial charge in [-0.2, -0.15) is 0 Å². The third-order valence-corrected chi connectivity index (χ3v) is 4.82. The van der Waals surface area contributed by atoms with Crippen molar-refractivity contribution in [3.8, 4) is 17.0 Å². The number of hydrogen-bond donors (Lipinski definition) is 1. The Morgan fingerprint density at radius 3 is 2.48 bits per heavy atom. The average molecular weight is 345 g/mol. The Morgan fingerprint density at radius 2 is 1.83 bits per heavy atom. The van der Waals surface area contributed by atoms with E-state index in [0.29, 0.717) is 0 Å². The lowest BCUT2D eigenvalue weighted by atomic mass is 10.1. The maximum Gasteiger partial charge on any atom is 0.118 e. The minimum Gasteiger partial charge on any atom is -0.497 e. The van der Waals surface area contributed by atoms with Crippen molar-refractivity contribution < 1.29 is 4.74 Å². The molecule has 0 bridgehead atoms.